The maximum Gasteiger partial charge on any atom is 0.241 e. The summed E-state index contributed by atoms with van der Waals surface area (Å²) in [6.07, 6.45) is 0. The first kappa shape index (κ1) is 10.8. The molecule has 0 atom stereocenters. The average Bonchev–Trinajstić information content (AvgIpc) is 2.83. The number of amides is 1. The zero-order valence-corrected chi connectivity index (χ0v) is 9.96. The van der Waals surface area contributed by atoms with Crippen molar-refractivity contribution in [3.63, 3.8) is 0 Å². The van der Waals surface area contributed by atoms with E-state index < -0.39 is 0 Å². The van der Waals surface area contributed by atoms with Gasteiger partial charge in [0.15, 0.2) is 11.0 Å². The minimum atomic E-state index is 0.0858. The van der Waals surface area contributed by atoms with Crippen molar-refractivity contribution in [3.8, 4) is 0 Å². The second-order valence-electron chi connectivity index (χ2n) is 4.37. The van der Waals surface area contributed by atoms with E-state index in [1.54, 1.807) is 18.0 Å². The van der Waals surface area contributed by atoms with Crippen LogP contribution in [0, 0.1) is 0 Å². The summed E-state index contributed by atoms with van der Waals surface area (Å²) in [5.41, 5.74) is 8.30. The van der Waals surface area contributed by atoms with Crippen molar-refractivity contribution in [1.82, 2.24) is 15.2 Å². The van der Waals surface area contributed by atoms with Gasteiger partial charge in [0.05, 0.1) is 17.9 Å². The molecule has 2 aromatic rings. The molecular weight excluding hydrogens is 234 g/mol. The van der Waals surface area contributed by atoms with Gasteiger partial charge in [-0.1, -0.05) is 0 Å². The number of nitrogens with zero attached hydrogens (tertiary/aromatic N) is 4. The summed E-state index contributed by atoms with van der Waals surface area (Å²) in [5, 5.41) is 7.64. The molecule has 7 nitrogen and oxygen atoms in total. The number of nitrogens with two attached hydrogens (primary N) is 1. The lowest BCUT2D eigenvalue weighted by Gasteiger charge is -2.33. The summed E-state index contributed by atoms with van der Waals surface area (Å²) in [5.74, 6) is 0.0858. The first-order valence-corrected chi connectivity index (χ1v) is 5.66. The maximum atomic E-state index is 11.7. The van der Waals surface area contributed by atoms with Crippen LogP contribution in [0.25, 0.3) is 11.0 Å². The Labute approximate surface area is 103 Å². The first-order chi connectivity index (χ1) is 8.66. The van der Waals surface area contributed by atoms with Crippen LogP contribution in [0.15, 0.2) is 16.8 Å². The lowest BCUT2D eigenvalue weighted by Crippen LogP contribution is -2.48. The number of carbonyl (C=O) groups is 1. The fourth-order valence-electron chi connectivity index (χ4n) is 2.09. The van der Waals surface area contributed by atoms with Crippen molar-refractivity contribution >= 4 is 28.3 Å². The van der Waals surface area contributed by atoms with Gasteiger partial charge in [0.25, 0.3) is 0 Å². The van der Waals surface area contributed by atoms with E-state index in [0.717, 1.165) is 12.2 Å². The number of aromatic nitrogens is 2. The van der Waals surface area contributed by atoms with Crippen LogP contribution in [0.3, 0.4) is 0 Å². The van der Waals surface area contributed by atoms with E-state index >= 15 is 0 Å². The Morgan fingerprint density at radius 1 is 1.28 bits per heavy atom. The third kappa shape index (κ3) is 1.55. The summed E-state index contributed by atoms with van der Waals surface area (Å²) in [6.45, 7) is 1.78. The molecule has 0 radical (unpaired) electrons. The fourth-order valence-corrected chi connectivity index (χ4v) is 2.09. The molecule has 3 rings (SSSR count). The molecule has 0 bridgehead atoms. The highest BCUT2D eigenvalue weighted by atomic mass is 16.6. The van der Waals surface area contributed by atoms with Crippen molar-refractivity contribution in [3.05, 3.63) is 12.1 Å². The van der Waals surface area contributed by atoms with E-state index in [-0.39, 0.29) is 5.91 Å². The van der Waals surface area contributed by atoms with E-state index in [2.05, 4.69) is 10.3 Å². The molecule has 2 heterocycles. The molecule has 0 saturated carbocycles. The van der Waals surface area contributed by atoms with E-state index in [1.165, 1.54) is 0 Å². The van der Waals surface area contributed by atoms with Crippen molar-refractivity contribution < 1.29 is 9.42 Å². The van der Waals surface area contributed by atoms with Crippen molar-refractivity contribution in [2.24, 2.45) is 0 Å². The zero-order valence-electron chi connectivity index (χ0n) is 9.96. The normalized spacial score (nSPS) is 16.6. The molecular formula is C11H13N5O2. The van der Waals surface area contributed by atoms with Crippen LogP contribution in [0.1, 0.15) is 0 Å². The van der Waals surface area contributed by atoms with Gasteiger partial charge in [-0.15, -0.1) is 0 Å². The molecule has 2 N–H and O–H groups in total. The van der Waals surface area contributed by atoms with Gasteiger partial charge in [0.1, 0.15) is 0 Å². The molecule has 1 aliphatic rings. The Hall–Kier alpha value is -2.31. The SMILES string of the molecule is CN1CCN(c2ccc(N)c3nonc23)CC1=O. The molecule has 0 aliphatic carbocycles. The number of fused-ring (bicyclic) bond motifs is 1. The number of carbonyl (C=O) groups excluding carboxylic acids is 1. The number of rotatable bonds is 1. The number of anilines is 2. The number of hydrogen-bond donors (Lipinski definition) is 1. The van der Waals surface area contributed by atoms with Crippen molar-refractivity contribution in [2.45, 2.75) is 0 Å². The quantitative estimate of drug-likeness (QED) is 0.718. The smallest absolute Gasteiger partial charge is 0.241 e. The monoisotopic (exact) mass is 247 g/mol. The Kier molecular flexibility index (Phi) is 2.32. The number of hydrogen-bond acceptors (Lipinski definition) is 6. The lowest BCUT2D eigenvalue weighted by atomic mass is 10.2. The highest BCUT2D eigenvalue weighted by Gasteiger charge is 2.24. The Balaban J connectivity index is 2.02. The summed E-state index contributed by atoms with van der Waals surface area (Å²) in [7, 11) is 1.80. The van der Waals surface area contributed by atoms with Crippen LogP contribution in [0.2, 0.25) is 0 Å². The Morgan fingerprint density at radius 3 is 2.83 bits per heavy atom. The molecule has 1 aromatic carbocycles. The number of nitrogen functional groups attached to an aromatic ring is 1. The number of piperazine rings is 1. The van der Waals surface area contributed by atoms with Crippen molar-refractivity contribution in [1.29, 1.82) is 0 Å². The van der Waals surface area contributed by atoms with E-state index in [0.29, 0.717) is 29.8 Å². The largest absolute Gasteiger partial charge is 0.397 e. The minimum Gasteiger partial charge on any atom is -0.397 e. The van der Waals surface area contributed by atoms with Crippen LogP contribution in [-0.2, 0) is 4.79 Å². The third-order valence-electron chi connectivity index (χ3n) is 3.22. The highest BCUT2D eigenvalue weighted by molar-refractivity contribution is 5.97. The van der Waals surface area contributed by atoms with Crippen LogP contribution in [0.5, 0.6) is 0 Å². The van der Waals surface area contributed by atoms with E-state index in [1.807, 2.05) is 11.0 Å². The molecule has 7 heteroatoms. The van der Waals surface area contributed by atoms with E-state index in [4.69, 9.17) is 10.4 Å². The summed E-state index contributed by atoms with van der Waals surface area (Å²) in [6, 6.07) is 3.60. The second-order valence-corrected chi connectivity index (χ2v) is 4.37. The third-order valence-corrected chi connectivity index (χ3v) is 3.22. The first-order valence-electron chi connectivity index (χ1n) is 5.66. The van der Waals surface area contributed by atoms with Gasteiger partial charge in [-0.3, -0.25) is 4.79 Å². The molecule has 94 valence electrons. The summed E-state index contributed by atoms with van der Waals surface area (Å²) in [4.78, 5) is 15.4. The predicted molar refractivity (Wildman–Crippen MR) is 66.1 cm³/mol. The topological polar surface area (TPSA) is 88.5 Å². The van der Waals surface area contributed by atoms with Gasteiger partial charge in [-0.05, 0) is 22.4 Å². The number of likely N-dealkylation sites (N-methyl/N-ethyl adjacent to an activating group) is 1. The van der Waals surface area contributed by atoms with Crippen LogP contribution >= 0.6 is 0 Å². The van der Waals surface area contributed by atoms with Crippen molar-refractivity contribution in [2.75, 3.05) is 37.3 Å². The van der Waals surface area contributed by atoms with Crippen LogP contribution in [-0.4, -0.2) is 47.8 Å². The Bertz CT molecular complexity index is 608. The van der Waals surface area contributed by atoms with Gasteiger partial charge in [0, 0.05) is 20.1 Å². The van der Waals surface area contributed by atoms with Gasteiger partial charge in [0.2, 0.25) is 5.91 Å². The van der Waals surface area contributed by atoms with Gasteiger partial charge in [-0.2, -0.15) is 0 Å². The lowest BCUT2D eigenvalue weighted by molar-refractivity contribution is -0.129. The zero-order chi connectivity index (χ0) is 12.7. The van der Waals surface area contributed by atoms with Crippen LogP contribution < -0.4 is 10.6 Å². The van der Waals surface area contributed by atoms with E-state index in [9.17, 15) is 4.79 Å². The average molecular weight is 247 g/mol. The number of benzene rings is 1. The summed E-state index contributed by atoms with van der Waals surface area (Å²) >= 11 is 0. The standard InChI is InChI=1S/C11H13N5O2/c1-15-4-5-16(6-9(15)17)8-3-2-7(12)10-11(8)14-18-13-10/h2-3H,4-6,12H2,1H3. The molecule has 0 spiro atoms. The fraction of sp³-hybridized carbons (Fsp3) is 0.364. The van der Waals surface area contributed by atoms with Gasteiger partial charge < -0.3 is 15.5 Å². The molecule has 0 unspecified atom stereocenters. The van der Waals surface area contributed by atoms with Crippen LogP contribution in [0.4, 0.5) is 11.4 Å². The molecule has 18 heavy (non-hydrogen) atoms. The predicted octanol–water partition coefficient (Wildman–Crippen LogP) is 0.0834. The molecule has 1 amide bonds. The molecule has 1 fully saturated rings. The molecule has 1 aliphatic heterocycles. The minimum absolute atomic E-state index is 0.0858. The summed E-state index contributed by atoms with van der Waals surface area (Å²) < 4.78 is 4.72. The molecule has 1 saturated heterocycles. The Morgan fingerprint density at radius 2 is 2.06 bits per heavy atom. The molecule has 1 aromatic heterocycles. The highest BCUT2D eigenvalue weighted by Crippen LogP contribution is 2.28. The maximum absolute atomic E-state index is 11.7. The van der Waals surface area contributed by atoms with Gasteiger partial charge >= 0.3 is 0 Å². The second kappa shape index (κ2) is 3.86. The van der Waals surface area contributed by atoms with Gasteiger partial charge in [-0.25, -0.2) is 4.63 Å².